The van der Waals surface area contributed by atoms with Gasteiger partial charge in [-0.25, -0.2) is 0 Å². The number of likely N-dealkylation sites (tertiary alicyclic amines) is 2. The summed E-state index contributed by atoms with van der Waals surface area (Å²) in [5.74, 6) is -0.200. The number of rotatable bonds is 5. The van der Waals surface area contributed by atoms with E-state index in [4.69, 9.17) is 4.74 Å². The Bertz CT molecular complexity index is 678. The second-order valence-corrected chi connectivity index (χ2v) is 6.92. The van der Waals surface area contributed by atoms with Crippen LogP contribution < -0.4 is 0 Å². The highest BCUT2D eigenvalue weighted by Crippen LogP contribution is 2.30. The number of hydrogen-bond donors (Lipinski definition) is 1. The summed E-state index contributed by atoms with van der Waals surface area (Å²) in [5.41, 5.74) is -0.0786. The molecule has 3 atom stereocenters. The minimum Gasteiger partial charge on any atom is -0.378 e. The SMILES string of the molecule is C=CC(=O)N1C[C@@H](N2CCCC2O)[C@H](OCc2ccc(C(F)(F)F)cc2)C1. The first kappa shape index (κ1) is 19.9. The average molecular weight is 384 g/mol. The fourth-order valence-electron chi connectivity index (χ4n) is 3.70. The molecular weight excluding hydrogens is 361 g/mol. The highest BCUT2D eigenvalue weighted by Gasteiger charge is 2.42. The zero-order valence-corrected chi connectivity index (χ0v) is 14.9. The molecule has 2 aliphatic rings. The van der Waals surface area contributed by atoms with E-state index < -0.39 is 18.0 Å². The lowest BCUT2D eigenvalue weighted by molar-refractivity contribution is -0.137. The normalized spacial score (nSPS) is 26.5. The number of hydrogen-bond acceptors (Lipinski definition) is 4. The number of alkyl halides is 3. The van der Waals surface area contributed by atoms with Gasteiger partial charge in [0.2, 0.25) is 5.91 Å². The number of nitrogens with zero attached hydrogens (tertiary/aromatic N) is 2. The first-order valence-electron chi connectivity index (χ1n) is 8.92. The van der Waals surface area contributed by atoms with E-state index in [-0.39, 0.29) is 24.7 Å². The van der Waals surface area contributed by atoms with Crippen molar-refractivity contribution in [3.05, 3.63) is 48.0 Å². The summed E-state index contributed by atoms with van der Waals surface area (Å²) < 4.78 is 43.9. The molecule has 0 aromatic heterocycles. The molecule has 2 heterocycles. The monoisotopic (exact) mass is 384 g/mol. The van der Waals surface area contributed by atoms with Crippen LogP contribution in [-0.2, 0) is 22.3 Å². The van der Waals surface area contributed by atoms with Crippen LogP contribution in [0.2, 0.25) is 0 Å². The summed E-state index contributed by atoms with van der Waals surface area (Å²) in [4.78, 5) is 15.5. The zero-order valence-electron chi connectivity index (χ0n) is 14.9. The van der Waals surface area contributed by atoms with Crippen LogP contribution in [0.4, 0.5) is 13.2 Å². The largest absolute Gasteiger partial charge is 0.416 e. The summed E-state index contributed by atoms with van der Waals surface area (Å²) in [6.45, 7) is 5.16. The first-order valence-corrected chi connectivity index (χ1v) is 8.92. The number of carbonyl (C=O) groups excluding carboxylic acids is 1. The fourth-order valence-corrected chi connectivity index (χ4v) is 3.70. The van der Waals surface area contributed by atoms with E-state index in [9.17, 15) is 23.1 Å². The maximum absolute atomic E-state index is 12.7. The van der Waals surface area contributed by atoms with Crippen LogP contribution in [0.5, 0.6) is 0 Å². The molecule has 2 saturated heterocycles. The average Bonchev–Trinajstić information content (AvgIpc) is 3.24. The topological polar surface area (TPSA) is 53.0 Å². The Balaban J connectivity index is 1.67. The third kappa shape index (κ3) is 4.51. The smallest absolute Gasteiger partial charge is 0.378 e. The lowest BCUT2D eigenvalue weighted by atomic mass is 10.1. The minimum atomic E-state index is -4.37. The fraction of sp³-hybridized carbons (Fsp3) is 0.526. The number of aliphatic hydroxyl groups is 1. The van der Waals surface area contributed by atoms with Gasteiger partial charge in [0.25, 0.3) is 0 Å². The van der Waals surface area contributed by atoms with Crippen molar-refractivity contribution in [2.24, 2.45) is 0 Å². The van der Waals surface area contributed by atoms with Crippen molar-refractivity contribution in [1.29, 1.82) is 0 Å². The van der Waals surface area contributed by atoms with Gasteiger partial charge in [0, 0.05) is 19.6 Å². The van der Waals surface area contributed by atoms with E-state index in [0.717, 1.165) is 25.1 Å². The van der Waals surface area contributed by atoms with Gasteiger partial charge in [-0.3, -0.25) is 9.69 Å². The van der Waals surface area contributed by atoms with Crippen LogP contribution in [0.25, 0.3) is 0 Å². The van der Waals surface area contributed by atoms with E-state index in [0.29, 0.717) is 25.1 Å². The van der Waals surface area contributed by atoms with Gasteiger partial charge in [0.05, 0.1) is 24.3 Å². The van der Waals surface area contributed by atoms with Crippen LogP contribution in [-0.4, -0.2) is 58.8 Å². The van der Waals surface area contributed by atoms with Gasteiger partial charge in [0.1, 0.15) is 6.23 Å². The lowest BCUT2D eigenvalue weighted by Crippen LogP contribution is -2.46. The molecule has 148 valence electrons. The number of aliphatic hydroxyl groups excluding tert-OH is 1. The van der Waals surface area contributed by atoms with E-state index in [2.05, 4.69) is 6.58 Å². The second-order valence-electron chi connectivity index (χ2n) is 6.92. The highest BCUT2D eigenvalue weighted by atomic mass is 19.4. The molecule has 3 rings (SSSR count). The van der Waals surface area contributed by atoms with Gasteiger partial charge in [0.15, 0.2) is 0 Å². The first-order chi connectivity index (χ1) is 12.8. The maximum Gasteiger partial charge on any atom is 0.416 e. The Morgan fingerprint density at radius 2 is 2.00 bits per heavy atom. The van der Waals surface area contributed by atoms with Crippen LogP contribution >= 0.6 is 0 Å². The second kappa shape index (κ2) is 8.00. The summed E-state index contributed by atoms with van der Waals surface area (Å²) in [6.07, 6.45) is -2.46. The van der Waals surface area contributed by atoms with E-state index in [1.54, 1.807) is 4.90 Å². The van der Waals surface area contributed by atoms with Gasteiger partial charge in [-0.05, 0) is 36.6 Å². The number of carbonyl (C=O) groups is 1. The molecule has 2 fully saturated rings. The molecule has 8 heteroatoms. The Labute approximate surface area is 156 Å². The van der Waals surface area contributed by atoms with Crippen LogP contribution in [0.1, 0.15) is 24.0 Å². The zero-order chi connectivity index (χ0) is 19.6. The van der Waals surface area contributed by atoms with E-state index in [1.165, 1.54) is 18.2 Å². The predicted octanol–water partition coefficient (Wildman–Crippen LogP) is 2.40. The third-order valence-corrected chi connectivity index (χ3v) is 5.16. The molecule has 1 N–H and O–H groups in total. The van der Waals surface area contributed by atoms with Crippen molar-refractivity contribution in [1.82, 2.24) is 9.80 Å². The van der Waals surface area contributed by atoms with Crippen molar-refractivity contribution in [2.45, 2.75) is 44.0 Å². The summed E-state index contributed by atoms with van der Waals surface area (Å²) in [6, 6.07) is 4.69. The molecule has 5 nitrogen and oxygen atoms in total. The maximum atomic E-state index is 12.7. The molecule has 1 unspecified atom stereocenters. The lowest BCUT2D eigenvalue weighted by Gasteiger charge is -2.30. The Kier molecular flexibility index (Phi) is 5.88. The molecule has 0 spiro atoms. The molecule has 1 aromatic rings. The molecule has 0 aliphatic carbocycles. The highest BCUT2D eigenvalue weighted by molar-refractivity contribution is 5.87. The Morgan fingerprint density at radius 3 is 2.56 bits per heavy atom. The number of amides is 1. The number of halogens is 3. The van der Waals surface area contributed by atoms with Gasteiger partial charge in [-0.15, -0.1) is 0 Å². The summed E-state index contributed by atoms with van der Waals surface area (Å²) in [5, 5.41) is 10.2. The Hall–Kier alpha value is -1.90. The van der Waals surface area contributed by atoms with Gasteiger partial charge >= 0.3 is 6.18 Å². The van der Waals surface area contributed by atoms with Gasteiger partial charge < -0.3 is 14.7 Å². The minimum absolute atomic E-state index is 0.138. The van der Waals surface area contributed by atoms with Crippen molar-refractivity contribution in [2.75, 3.05) is 19.6 Å². The Morgan fingerprint density at radius 1 is 1.30 bits per heavy atom. The van der Waals surface area contributed by atoms with Crippen molar-refractivity contribution in [3.63, 3.8) is 0 Å². The summed E-state index contributed by atoms with van der Waals surface area (Å²) in [7, 11) is 0. The predicted molar refractivity (Wildman–Crippen MR) is 92.5 cm³/mol. The van der Waals surface area contributed by atoms with Crippen molar-refractivity contribution >= 4 is 5.91 Å². The summed E-state index contributed by atoms with van der Waals surface area (Å²) >= 11 is 0. The van der Waals surface area contributed by atoms with Gasteiger partial charge in [-0.2, -0.15) is 13.2 Å². The van der Waals surface area contributed by atoms with E-state index in [1.807, 2.05) is 4.90 Å². The molecule has 2 aliphatic heterocycles. The molecule has 1 aromatic carbocycles. The van der Waals surface area contributed by atoms with Gasteiger partial charge in [-0.1, -0.05) is 18.7 Å². The van der Waals surface area contributed by atoms with Crippen molar-refractivity contribution in [3.8, 4) is 0 Å². The molecule has 27 heavy (non-hydrogen) atoms. The van der Waals surface area contributed by atoms with Crippen LogP contribution in [0.15, 0.2) is 36.9 Å². The molecule has 0 saturated carbocycles. The quantitative estimate of drug-likeness (QED) is 0.793. The van der Waals surface area contributed by atoms with Crippen molar-refractivity contribution < 1.29 is 27.8 Å². The number of benzene rings is 1. The number of ether oxygens (including phenoxy) is 1. The molecule has 0 radical (unpaired) electrons. The molecule has 0 bridgehead atoms. The molecular formula is C19H23F3N2O3. The van der Waals surface area contributed by atoms with Crippen LogP contribution in [0.3, 0.4) is 0 Å². The third-order valence-electron chi connectivity index (χ3n) is 5.16. The van der Waals surface area contributed by atoms with Crippen LogP contribution in [0, 0.1) is 0 Å². The molecule has 1 amide bonds. The standard InChI is InChI=1S/C19H23F3N2O3/c1-2-17(25)23-10-15(24-9-3-4-18(24)26)16(11-23)27-12-13-5-7-14(8-6-13)19(20,21)22/h2,5-8,15-16,18,26H,1,3-4,9-12H2/t15-,16-,18?/m1/s1. The van der Waals surface area contributed by atoms with E-state index >= 15 is 0 Å².